The Labute approximate surface area is 109 Å². The number of epoxide rings is 1. The smallest absolute Gasteiger partial charge is 0.116 e. The molecule has 0 aromatic rings. The third-order valence-corrected chi connectivity index (χ3v) is 1.50. The summed E-state index contributed by atoms with van der Waals surface area (Å²) in [5.41, 5.74) is 0. The number of allylic oxidation sites excluding steroid dienone is 2. The SMILES string of the molecule is C=CCCC(=C)OCC1CO1.CC.CC.CC. The van der Waals surface area contributed by atoms with Crippen molar-refractivity contribution in [1.29, 1.82) is 0 Å². The Morgan fingerprint density at radius 1 is 1.24 bits per heavy atom. The molecule has 0 radical (unpaired) electrons. The third-order valence-electron chi connectivity index (χ3n) is 1.50. The lowest BCUT2D eigenvalue weighted by Gasteiger charge is -2.05. The fourth-order valence-electron chi connectivity index (χ4n) is 0.710. The zero-order valence-corrected chi connectivity index (χ0v) is 12.7. The first kappa shape index (κ1) is 21.5. The third kappa shape index (κ3) is 21.1. The van der Waals surface area contributed by atoms with Crippen molar-refractivity contribution < 1.29 is 9.47 Å². The molecule has 0 aromatic carbocycles. The molecule has 1 aliphatic rings. The highest BCUT2D eigenvalue weighted by Gasteiger charge is 2.22. The fourth-order valence-corrected chi connectivity index (χ4v) is 0.710. The summed E-state index contributed by atoms with van der Waals surface area (Å²) in [6.07, 6.45) is 4.00. The molecule has 1 aliphatic heterocycles. The highest BCUT2D eigenvalue weighted by Crippen LogP contribution is 2.12. The van der Waals surface area contributed by atoms with Crippen LogP contribution in [0.15, 0.2) is 25.0 Å². The topological polar surface area (TPSA) is 21.8 Å². The van der Waals surface area contributed by atoms with Crippen LogP contribution in [0.3, 0.4) is 0 Å². The van der Waals surface area contributed by atoms with E-state index in [1.54, 1.807) is 0 Å². The second-order valence-electron chi connectivity index (χ2n) is 2.63. The molecule has 2 heteroatoms. The van der Waals surface area contributed by atoms with Crippen molar-refractivity contribution in [1.82, 2.24) is 0 Å². The monoisotopic (exact) mass is 244 g/mol. The van der Waals surface area contributed by atoms with Crippen LogP contribution in [0.1, 0.15) is 54.4 Å². The Kier molecular flexibility index (Phi) is 26.1. The van der Waals surface area contributed by atoms with Gasteiger partial charge in [0.25, 0.3) is 0 Å². The van der Waals surface area contributed by atoms with Crippen molar-refractivity contribution in [2.45, 2.75) is 60.5 Å². The van der Waals surface area contributed by atoms with Gasteiger partial charge in [0.1, 0.15) is 12.7 Å². The van der Waals surface area contributed by atoms with Gasteiger partial charge in [0.2, 0.25) is 0 Å². The van der Waals surface area contributed by atoms with Gasteiger partial charge in [-0.2, -0.15) is 0 Å². The summed E-state index contributed by atoms with van der Waals surface area (Å²) in [5.74, 6) is 0.834. The maximum atomic E-state index is 5.30. The number of rotatable bonds is 6. The van der Waals surface area contributed by atoms with E-state index in [1.807, 2.05) is 47.6 Å². The first-order valence-corrected chi connectivity index (χ1v) is 6.86. The Morgan fingerprint density at radius 3 is 2.06 bits per heavy atom. The van der Waals surface area contributed by atoms with E-state index in [2.05, 4.69) is 13.2 Å². The predicted octanol–water partition coefficient (Wildman–Crippen LogP) is 4.96. The molecule has 104 valence electrons. The van der Waals surface area contributed by atoms with E-state index in [0.29, 0.717) is 12.7 Å². The summed E-state index contributed by atoms with van der Waals surface area (Å²) in [6.45, 7) is 20.9. The first-order chi connectivity index (χ1) is 8.33. The Hall–Kier alpha value is -0.760. The molecule has 1 atom stereocenters. The van der Waals surface area contributed by atoms with Crippen molar-refractivity contribution in [3.63, 3.8) is 0 Å². The number of hydrogen-bond donors (Lipinski definition) is 0. The van der Waals surface area contributed by atoms with Crippen molar-refractivity contribution in [2.24, 2.45) is 0 Å². The van der Waals surface area contributed by atoms with Crippen LogP contribution in [0.2, 0.25) is 0 Å². The molecule has 0 N–H and O–H groups in total. The van der Waals surface area contributed by atoms with Crippen LogP contribution >= 0.6 is 0 Å². The van der Waals surface area contributed by atoms with E-state index in [-0.39, 0.29) is 0 Å². The Balaban J connectivity index is -0.000000285. The normalized spacial score (nSPS) is 14.6. The van der Waals surface area contributed by atoms with Gasteiger partial charge in [0.05, 0.1) is 12.4 Å². The minimum atomic E-state index is 0.329. The lowest BCUT2D eigenvalue weighted by Crippen LogP contribution is -2.00. The highest BCUT2D eigenvalue weighted by atomic mass is 16.6. The quantitative estimate of drug-likeness (QED) is 0.374. The summed E-state index contributed by atoms with van der Waals surface area (Å²) in [6, 6.07) is 0. The second kappa shape index (κ2) is 20.6. The summed E-state index contributed by atoms with van der Waals surface area (Å²) in [5, 5.41) is 0. The molecule has 0 spiro atoms. The van der Waals surface area contributed by atoms with Gasteiger partial charge in [-0.05, 0) is 6.42 Å². The molecule has 1 saturated heterocycles. The summed E-state index contributed by atoms with van der Waals surface area (Å²) in [4.78, 5) is 0. The largest absolute Gasteiger partial charge is 0.496 e. The van der Waals surface area contributed by atoms with E-state index in [0.717, 1.165) is 25.2 Å². The van der Waals surface area contributed by atoms with Crippen molar-refractivity contribution in [3.8, 4) is 0 Å². The van der Waals surface area contributed by atoms with Gasteiger partial charge in [0, 0.05) is 6.42 Å². The molecule has 1 unspecified atom stereocenters. The summed E-state index contributed by atoms with van der Waals surface area (Å²) < 4.78 is 10.3. The van der Waals surface area contributed by atoms with Crippen LogP contribution in [-0.4, -0.2) is 19.3 Å². The molecule has 1 fully saturated rings. The van der Waals surface area contributed by atoms with Gasteiger partial charge < -0.3 is 9.47 Å². The molecule has 0 saturated carbocycles. The average molecular weight is 244 g/mol. The minimum Gasteiger partial charge on any atom is -0.496 e. The molecule has 0 aliphatic carbocycles. The number of hydrogen-bond acceptors (Lipinski definition) is 2. The molecule has 1 heterocycles. The zero-order valence-electron chi connectivity index (χ0n) is 12.7. The molecule has 0 aromatic heterocycles. The maximum Gasteiger partial charge on any atom is 0.116 e. The van der Waals surface area contributed by atoms with Crippen LogP contribution in [0.4, 0.5) is 0 Å². The maximum absolute atomic E-state index is 5.30. The molecule has 1 rings (SSSR count). The van der Waals surface area contributed by atoms with E-state index in [9.17, 15) is 0 Å². The van der Waals surface area contributed by atoms with Crippen LogP contribution in [-0.2, 0) is 9.47 Å². The van der Waals surface area contributed by atoms with Crippen LogP contribution < -0.4 is 0 Å². The van der Waals surface area contributed by atoms with Gasteiger partial charge in [0.15, 0.2) is 0 Å². The van der Waals surface area contributed by atoms with Gasteiger partial charge in [-0.1, -0.05) is 54.2 Å². The molecule has 2 nitrogen and oxygen atoms in total. The van der Waals surface area contributed by atoms with Crippen LogP contribution in [0.5, 0.6) is 0 Å². The van der Waals surface area contributed by atoms with Crippen molar-refractivity contribution in [2.75, 3.05) is 13.2 Å². The van der Waals surface area contributed by atoms with E-state index < -0.39 is 0 Å². The molecular formula is C15H32O2. The Bertz CT molecular complexity index is 149. The zero-order chi connectivity index (χ0) is 14.1. The summed E-state index contributed by atoms with van der Waals surface area (Å²) >= 11 is 0. The molecular weight excluding hydrogens is 212 g/mol. The highest BCUT2D eigenvalue weighted by molar-refractivity contribution is 4.86. The van der Waals surface area contributed by atoms with Gasteiger partial charge in [-0.15, -0.1) is 6.58 Å². The van der Waals surface area contributed by atoms with Gasteiger partial charge in [-0.3, -0.25) is 0 Å². The van der Waals surface area contributed by atoms with Crippen LogP contribution in [0, 0.1) is 0 Å². The lowest BCUT2D eigenvalue weighted by molar-refractivity contribution is 0.177. The second-order valence-corrected chi connectivity index (χ2v) is 2.63. The van der Waals surface area contributed by atoms with E-state index >= 15 is 0 Å². The van der Waals surface area contributed by atoms with E-state index in [4.69, 9.17) is 9.47 Å². The van der Waals surface area contributed by atoms with Crippen molar-refractivity contribution in [3.05, 3.63) is 25.0 Å². The van der Waals surface area contributed by atoms with Crippen molar-refractivity contribution >= 4 is 0 Å². The molecule has 17 heavy (non-hydrogen) atoms. The fraction of sp³-hybridized carbons (Fsp3) is 0.733. The molecule has 0 amide bonds. The Morgan fingerprint density at radius 2 is 1.71 bits per heavy atom. The minimum absolute atomic E-state index is 0.329. The van der Waals surface area contributed by atoms with Crippen LogP contribution in [0.25, 0.3) is 0 Å². The standard InChI is InChI=1S/C9H14O2.3C2H6/c1-3-4-5-8(2)10-6-9-7-11-9;3*1-2/h3,9H,1-2,4-7H2;3*1-2H3. The van der Waals surface area contributed by atoms with Gasteiger partial charge >= 0.3 is 0 Å². The average Bonchev–Trinajstić information content (AvgIpc) is 3.25. The number of ether oxygens (including phenoxy) is 2. The first-order valence-electron chi connectivity index (χ1n) is 6.86. The van der Waals surface area contributed by atoms with Gasteiger partial charge in [-0.25, -0.2) is 0 Å². The summed E-state index contributed by atoms with van der Waals surface area (Å²) in [7, 11) is 0. The molecule has 0 bridgehead atoms. The van der Waals surface area contributed by atoms with E-state index in [1.165, 1.54) is 0 Å². The lowest BCUT2D eigenvalue weighted by atomic mass is 10.3. The predicted molar refractivity (Wildman–Crippen MR) is 78.3 cm³/mol.